The fraction of sp³-hybridized carbons (Fsp3) is 1.00. The summed E-state index contributed by atoms with van der Waals surface area (Å²) in [5.41, 5.74) is 0. The summed E-state index contributed by atoms with van der Waals surface area (Å²) >= 11 is 0. The molecule has 0 N–H and O–H groups in total. The lowest BCUT2D eigenvalue weighted by molar-refractivity contribution is 0.120. The molecule has 0 amide bonds. The first kappa shape index (κ1) is 30.3. The molecular weight excluding hydrogens is 513 g/mol. The van der Waals surface area contributed by atoms with Gasteiger partial charge in [0.2, 0.25) is 0 Å². The van der Waals surface area contributed by atoms with Gasteiger partial charge in [0.25, 0.3) is 0 Å². The van der Waals surface area contributed by atoms with E-state index >= 15 is 0 Å². The van der Waals surface area contributed by atoms with E-state index in [1.165, 1.54) is 0 Å². The second kappa shape index (κ2) is 17.8. The van der Waals surface area contributed by atoms with Gasteiger partial charge in [-0.15, -0.1) is 0 Å². The maximum Gasteiger partial charge on any atom is 0.514 e. The number of rotatable bonds is 19. The topological polar surface area (TPSA) is 55.4 Å². The largest absolute Gasteiger partial charge is 0.514 e. The Morgan fingerprint density at radius 3 is 1.04 bits per heavy atom. The van der Waals surface area contributed by atoms with Gasteiger partial charge in [-0.25, -0.2) is 0 Å². The third-order valence-corrected chi connectivity index (χ3v) is 24.1. The molecule has 0 aromatic rings. The van der Waals surface area contributed by atoms with Crippen LogP contribution in [-0.2, 0) is 26.6 Å². The van der Waals surface area contributed by atoms with Gasteiger partial charge in [-0.2, -0.15) is 0 Å². The lowest BCUT2D eigenvalue weighted by atomic mass is 10.4. The van der Waals surface area contributed by atoms with Crippen LogP contribution in [-0.4, -0.2) is 70.0 Å². The molecule has 0 rings (SSSR count). The van der Waals surface area contributed by atoms with Crippen LogP contribution in [0.5, 0.6) is 0 Å². The van der Waals surface area contributed by atoms with E-state index < -0.39 is 17.6 Å². The SMILES string of the molecule is CCCC(SSSSSSC(CCC)[Si](OC)(OC)OC)[Si](OC)(OC)OC. The van der Waals surface area contributed by atoms with E-state index in [0.717, 1.165) is 25.7 Å². The highest BCUT2D eigenvalue weighted by atomic mass is 33.9. The second-order valence-corrected chi connectivity index (χ2v) is 22.3. The van der Waals surface area contributed by atoms with Crippen molar-refractivity contribution >= 4 is 78.5 Å². The van der Waals surface area contributed by atoms with Crippen molar-refractivity contribution in [2.75, 3.05) is 42.7 Å². The summed E-state index contributed by atoms with van der Waals surface area (Å²) in [6.45, 7) is 4.33. The highest BCUT2D eigenvalue weighted by Crippen LogP contribution is 2.56. The first-order chi connectivity index (χ1) is 13.5. The van der Waals surface area contributed by atoms with E-state index in [1.54, 1.807) is 104 Å². The smallest absolute Gasteiger partial charge is 0.376 e. The molecule has 0 saturated heterocycles. The summed E-state index contributed by atoms with van der Waals surface area (Å²) in [6.07, 6.45) is 4.10. The molecule has 0 saturated carbocycles. The van der Waals surface area contributed by atoms with Crippen molar-refractivity contribution in [1.29, 1.82) is 0 Å². The maximum absolute atomic E-state index is 5.66. The Balaban J connectivity index is 4.51. The zero-order valence-corrected chi connectivity index (χ0v) is 24.8. The first-order valence-corrected chi connectivity index (χ1v) is 20.0. The van der Waals surface area contributed by atoms with Crippen LogP contribution in [0.25, 0.3) is 0 Å². The molecule has 2 atom stereocenters. The molecule has 0 aliphatic carbocycles. The lowest BCUT2D eigenvalue weighted by Gasteiger charge is -2.31. The Morgan fingerprint density at radius 2 is 0.821 bits per heavy atom. The van der Waals surface area contributed by atoms with Gasteiger partial charge < -0.3 is 26.6 Å². The van der Waals surface area contributed by atoms with Crippen LogP contribution in [0.1, 0.15) is 39.5 Å². The van der Waals surface area contributed by atoms with E-state index in [9.17, 15) is 0 Å². The van der Waals surface area contributed by atoms with E-state index in [-0.39, 0.29) is 9.75 Å². The zero-order valence-electron chi connectivity index (χ0n) is 17.9. The quantitative estimate of drug-likeness (QED) is 0.106. The molecule has 170 valence electrons. The van der Waals surface area contributed by atoms with Gasteiger partial charge in [0.05, 0.1) is 9.75 Å². The fourth-order valence-electron chi connectivity index (χ4n) is 2.53. The standard InChI is InChI=1S/C14H34O6S6Si2/c1-9-11-13(27(15-3,16-4)17-5)21-23-25-26-24-22-14(12-10-2)28(18-6,19-7)20-8/h13-14H,9-12H2,1-8H3. The Morgan fingerprint density at radius 1 is 0.536 bits per heavy atom. The van der Waals surface area contributed by atoms with Crippen LogP contribution < -0.4 is 0 Å². The monoisotopic (exact) mass is 546 g/mol. The predicted molar refractivity (Wildman–Crippen MR) is 136 cm³/mol. The average molecular weight is 547 g/mol. The molecule has 0 spiro atoms. The van der Waals surface area contributed by atoms with Crippen LogP contribution in [0.2, 0.25) is 0 Å². The van der Waals surface area contributed by atoms with Crippen LogP contribution in [0.15, 0.2) is 0 Å². The predicted octanol–water partition coefficient (Wildman–Crippen LogP) is 6.13. The highest BCUT2D eigenvalue weighted by molar-refractivity contribution is 9.42. The van der Waals surface area contributed by atoms with Gasteiger partial charge in [-0.05, 0) is 52.1 Å². The second-order valence-electron chi connectivity index (χ2n) is 5.45. The summed E-state index contributed by atoms with van der Waals surface area (Å²) in [4.78, 5) is 0.410. The highest BCUT2D eigenvalue weighted by Gasteiger charge is 2.48. The van der Waals surface area contributed by atoms with Crippen molar-refractivity contribution in [2.24, 2.45) is 0 Å². The van der Waals surface area contributed by atoms with Crippen LogP contribution in [0.3, 0.4) is 0 Å². The number of hydrogen-bond acceptors (Lipinski definition) is 12. The first-order valence-electron chi connectivity index (χ1n) is 8.79. The summed E-state index contributed by atoms with van der Waals surface area (Å²) in [5.74, 6) is 0. The molecule has 0 aromatic heterocycles. The molecule has 2 unspecified atom stereocenters. The summed E-state index contributed by atoms with van der Waals surface area (Å²) in [6, 6.07) is 0. The Hall–Kier alpha value is 2.29. The van der Waals surface area contributed by atoms with Gasteiger partial charge in [-0.3, -0.25) is 0 Å². The minimum atomic E-state index is -2.64. The van der Waals surface area contributed by atoms with Gasteiger partial charge in [-0.1, -0.05) is 48.3 Å². The molecule has 0 heterocycles. The molecule has 0 radical (unpaired) electrons. The third-order valence-electron chi connectivity index (χ3n) is 3.99. The maximum atomic E-state index is 5.66. The van der Waals surface area contributed by atoms with Crippen molar-refractivity contribution in [3.05, 3.63) is 0 Å². The summed E-state index contributed by atoms with van der Waals surface area (Å²) in [7, 11) is 15.3. The molecule has 28 heavy (non-hydrogen) atoms. The minimum Gasteiger partial charge on any atom is -0.376 e. The Labute approximate surface area is 195 Å². The van der Waals surface area contributed by atoms with Crippen molar-refractivity contribution < 1.29 is 26.6 Å². The Bertz CT molecular complexity index is 332. The van der Waals surface area contributed by atoms with Gasteiger partial charge in [0.1, 0.15) is 0 Å². The molecule has 0 aliphatic rings. The zero-order chi connectivity index (χ0) is 21.5. The molecule has 0 aliphatic heterocycles. The summed E-state index contributed by atoms with van der Waals surface area (Å²) in [5, 5.41) is 0. The summed E-state index contributed by atoms with van der Waals surface area (Å²) < 4.78 is 34.0. The van der Waals surface area contributed by atoms with Gasteiger partial charge in [0, 0.05) is 42.7 Å². The minimum absolute atomic E-state index is 0.205. The average Bonchev–Trinajstić information content (AvgIpc) is 2.73. The Kier molecular flexibility index (Phi) is 19.3. The van der Waals surface area contributed by atoms with Crippen molar-refractivity contribution in [3.63, 3.8) is 0 Å². The van der Waals surface area contributed by atoms with Crippen molar-refractivity contribution in [1.82, 2.24) is 0 Å². The van der Waals surface area contributed by atoms with Crippen LogP contribution >= 0.6 is 60.9 Å². The van der Waals surface area contributed by atoms with Crippen LogP contribution in [0.4, 0.5) is 0 Å². The van der Waals surface area contributed by atoms with E-state index in [2.05, 4.69) is 13.8 Å². The fourth-order valence-corrected chi connectivity index (χ4v) is 25.1. The lowest BCUT2D eigenvalue weighted by Crippen LogP contribution is -2.52. The molecule has 0 aromatic carbocycles. The van der Waals surface area contributed by atoms with Crippen LogP contribution in [0, 0.1) is 0 Å². The van der Waals surface area contributed by atoms with Gasteiger partial charge in [0.15, 0.2) is 0 Å². The molecule has 14 heteroatoms. The molecule has 0 bridgehead atoms. The van der Waals surface area contributed by atoms with Gasteiger partial charge >= 0.3 is 17.6 Å². The van der Waals surface area contributed by atoms with Crippen molar-refractivity contribution in [2.45, 2.75) is 49.3 Å². The molecule has 0 fully saturated rings. The number of hydrogen-bond donors (Lipinski definition) is 0. The third kappa shape index (κ3) is 9.42. The molecular formula is C14H34O6S6Si2. The van der Waals surface area contributed by atoms with Crippen molar-refractivity contribution in [3.8, 4) is 0 Å². The van der Waals surface area contributed by atoms with E-state index in [0.29, 0.717) is 0 Å². The molecule has 6 nitrogen and oxygen atoms in total. The van der Waals surface area contributed by atoms with E-state index in [4.69, 9.17) is 26.6 Å². The normalized spacial score (nSPS) is 15.0. The van der Waals surface area contributed by atoms with E-state index in [1.807, 2.05) is 0 Å².